The highest BCUT2D eigenvalue weighted by atomic mass is 32.1. The Morgan fingerprint density at radius 2 is 1.95 bits per heavy atom. The van der Waals surface area contributed by atoms with Gasteiger partial charge < -0.3 is 14.6 Å². The number of nitrogens with one attached hydrogen (secondary N) is 2. The van der Waals surface area contributed by atoms with E-state index in [-0.39, 0.29) is 22.3 Å². The molecule has 4 heterocycles. The molecule has 1 saturated heterocycles. The van der Waals surface area contributed by atoms with Crippen molar-refractivity contribution >= 4 is 34.1 Å². The maximum absolute atomic E-state index is 13.4. The molecule has 2 N–H and O–H groups in total. The minimum absolute atomic E-state index is 0.111. The van der Waals surface area contributed by atoms with Crippen LogP contribution in [0.1, 0.15) is 25.1 Å². The molecule has 1 atom stereocenters. The lowest BCUT2D eigenvalue weighted by atomic mass is 9.99. The SMILES string of the molecule is CCNC(=O)Nc1cc(-c2nc(C(F)(F)F)cs2)c(-c2ccc3c(c2)c(=O)c(C)cn3CC(C)N2CCOCC2)cn1. The number of aromatic nitrogens is 3. The van der Waals surface area contributed by atoms with Crippen molar-refractivity contribution in [1.82, 2.24) is 24.8 Å². The molecule has 1 aliphatic heterocycles. The number of nitrogens with zero attached hydrogens (tertiary/aromatic N) is 4. The fraction of sp³-hybridized carbons (Fsp3) is 0.379. The second-order valence-electron chi connectivity index (χ2n) is 10.2. The topological polar surface area (TPSA) is 101 Å². The summed E-state index contributed by atoms with van der Waals surface area (Å²) in [4.78, 5) is 35.9. The van der Waals surface area contributed by atoms with Crippen LogP contribution in [-0.4, -0.2) is 64.4 Å². The van der Waals surface area contributed by atoms with E-state index in [9.17, 15) is 22.8 Å². The quantitative estimate of drug-likeness (QED) is 0.296. The third kappa shape index (κ3) is 6.32. The van der Waals surface area contributed by atoms with Crippen LogP contribution in [-0.2, 0) is 17.5 Å². The van der Waals surface area contributed by atoms with E-state index in [4.69, 9.17) is 4.74 Å². The van der Waals surface area contributed by atoms with Gasteiger partial charge in [0.1, 0.15) is 10.8 Å². The summed E-state index contributed by atoms with van der Waals surface area (Å²) < 4.78 is 47.8. The molecular weight excluding hydrogens is 569 g/mol. The maximum Gasteiger partial charge on any atom is 0.434 e. The van der Waals surface area contributed by atoms with Crippen LogP contribution < -0.4 is 16.1 Å². The number of carbonyl (C=O) groups is 1. The molecule has 0 radical (unpaired) electrons. The normalized spacial score (nSPS) is 15.1. The number of benzene rings is 1. The highest BCUT2D eigenvalue weighted by Crippen LogP contribution is 2.39. The zero-order chi connectivity index (χ0) is 30.0. The summed E-state index contributed by atoms with van der Waals surface area (Å²) in [5.74, 6) is 0.152. The number of morpholine rings is 1. The van der Waals surface area contributed by atoms with Crippen molar-refractivity contribution in [1.29, 1.82) is 0 Å². The minimum atomic E-state index is -4.60. The number of pyridine rings is 2. The number of halogens is 3. The molecule has 1 unspecified atom stereocenters. The fourth-order valence-corrected chi connectivity index (χ4v) is 5.92. The van der Waals surface area contributed by atoms with E-state index in [1.54, 1.807) is 19.9 Å². The number of alkyl halides is 3. The van der Waals surface area contributed by atoms with E-state index in [2.05, 4.69) is 37.0 Å². The number of hydrogen-bond donors (Lipinski definition) is 2. The van der Waals surface area contributed by atoms with Crippen LogP contribution in [0.4, 0.5) is 23.8 Å². The molecule has 0 aliphatic carbocycles. The van der Waals surface area contributed by atoms with Gasteiger partial charge in [0.05, 0.1) is 18.7 Å². The number of amides is 2. The van der Waals surface area contributed by atoms with Gasteiger partial charge in [-0.05, 0) is 44.5 Å². The van der Waals surface area contributed by atoms with E-state index >= 15 is 0 Å². The molecule has 42 heavy (non-hydrogen) atoms. The summed E-state index contributed by atoms with van der Waals surface area (Å²) in [6.07, 6.45) is -1.26. The molecule has 2 amide bonds. The van der Waals surface area contributed by atoms with Crippen LogP contribution in [0.15, 0.2) is 46.8 Å². The highest BCUT2D eigenvalue weighted by molar-refractivity contribution is 7.13. The number of fused-ring (bicyclic) bond motifs is 1. The summed E-state index contributed by atoms with van der Waals surface area (Å²) in [6.45, 7) is 9.80. The molecule has 0 saturated carbocycles. The molecule has 3 aromatic heterocycles. The van der Waals surface area contributed by atoms with E-state index < -0.39 is 17.9 Å². The lowest BCUT2D eigenvalue weighted by Gasteiger charge is -2.33. The highest BCUT2D eigenvalue weighted by Gasteiger charge is 2.34. The molecule has 1 aliphatic rings. The van der Waals surface area contributed by atoms with Gasteiger partial charge in [0.25, 0.3) is 0 Å². The van der Waals surface area contributed by atoms with E-state index in [0.717, 1.165) is 35.3 Å². The lowest BCUT2D eigenvalue weighted by molar-refractivity contribution is -0.140. The monoisotopic (exact) mass is 600 g/mol. The molecule has 0 spiro atoms. The van der Waals surface area contributed by atoms with Gasteiger partial charge in [-0.2, -0.15) is 13.2 Å². The Morgan fingerprint density at radius 1 is 1.19 bits per heavy atom. The van der Waals surface area contributed by atoms with Crippen LogP contribution in [0.2, 0.25) is 0 Å². The first-order valence-corrected chi connectivity index (χ1v) is 14.5. The Hall–Kier alpha value is -3.81. The zero-order valence-electron chi connectivity index (χ0n) is 23.4. The number of aryl methyl sites for hydroxylation is 1. The largest absolute Gasteiger partial charge is 0.434 e. The van der Waals surface area contributed by atoms with Crippen LogP contribution >= 0.6 is 11.3 Å². The average molecular weight is 601 g/mol. The Balaban J connectivity index is 1.58. The summed E-state index contributed by atoms with van der Waals surface area (Å²) in [5, 5.41) is 6.75. The van der Waals surface area contributed by atoms with Crippen LogP contribution in [0.3, 0.4) is 0 Å². The van der Waals surface area contributed by atoms with Crippen molar-refractivity contribution < 1.29 is 22.7 Å². The van der Waals surface area contributed by atoms with Crippen molar-refractivity contribution in [2.24, 2.45) is 0 Å². The Kier molecular flexibility index (Phi) is 8.62. The molecule has 4 aromatic rings. The first-order valence-electron chi connectivity index (χ1n) is 13.6. The van der Waals surface area contributed by atoms with Crippen LogP contribution in [0.25, 0.3) is 32.6 Å². The number of thiazole rings is 1. The van der Waals surface area contributed by atoms with Gasteiger partial charge in [0, 0.05) is 72.1 Å². The summed E-state index contributed by atoms with van der Waals surface area (Å²) in [7, 11) is 0. The van der Waals surface area contributed by atoms with Crippen molar-refractivity contribution in [3.8, 4) is 21.7 Å². The molecule has 5 rings (SSSR count). The Labute approximate surface area is 244 Å². The van der Waals surface area contributed by atoms with E-state index in [0.29, 0.717) is 53.9 Å². The number of urea groups is 1. The van der Waals surface area contributed by atoms with Gasteiger partial charge >= 0.3 is 12.2 Å². The average Bonchev–Trinajstić information content (AvgIpc) is 3.47. The molecule has 13 heteroatoms. The van der Waals surface area contributed by atoms with E-state index in [1.165, 1.54) is 12.3 Å². The third-order valence-electron chi connectivity index (χ3n) is 7.21. The van der Waals surface area contributed by atoms with Gasteiger partial charge in [-0.15, -0.1) is 11.3 Å². The first-order chi connectivity index (χ1) is 20.0. The number of ether oxygens (including phenoxy) is 1. The van der Waals surface area contributed by atoms with Gasteiger partial charge in [-0.1, -0.05) is 6.07 Å². The second kappa shape index (κ2) is 12.2. The summed E-state index contributed by atoms with van der Waals surface area (Å²) in [5.41, 5.74) is 1.64. The predicted octanol–water partition coefficient (Wildman–Crippen LogP) is 5.38. The molecule has 0 bridgehead atoms. The number of anilines is 1. The van der Waals surface area contributed by atoms with Gasteiger partial charge in [0.15, 0.2) is 11.1 Å². The van der Waals surface area contributed by atoms with Crippen molar-refractivity contribution in [3.63, 3.8) is 0 Å². The summed E-state index contributed by atoms with van der Waals surface area (Å²) >= 11 is 0.842. The van der Waals surface area contributed by atoms with Crippen LogP contribution in [0, 0.1) is 6.92 Å². The first kappa shape index (κ1) is 29.7. The number of rotatable bonds is 7. The second-order valence-corrected chi connectivity index (χ2v) is 11.0. The Morgan fingerprint density at radius 3 is 2.64 bits per heavy atom. The van der Waals surface area contributed by atoms with Gasteiger partial charge in [-0.25, -0.2) is 14.8 Å². The number of carbonyl (C=O) groups excluding carboxylic acids is 1. The minimum Gasteiger partial charge on any atom is -0.379 e. The van der Waals surface area contributed by atoms with Gasteiger partial charge in [-0.3, -0.25) is 15.0 Å². The standard InChI is InChI=1S/C29H31F3N6O3S/c1-4-33-28(40)36-25-12-20(27-35-24(16-42-27)29(30,31)32)22(13-34-25)19-5-6-23-21(11-19)26(39)17(2)14-38(23)15-18(3)37-7-9-41-10-8-37/h5-6,11-14,16,18H,4,7-10,15H2,1-3H3,(H2,33,34,36,40). The van der Waals surface area contributed by atoms with Gasteiger partial charge in [0.2, 0.25) is 0 Å². The number of hydrogen-bond acceptors (Lipinski definition) is 7. The third-order valence-corrected chi connectivity index (χ3v) is 8.08. The van der Waals surface area contributed by atoms with Crippen molar-refractivity contribution in [3.05, 3.63) is 63.5 Å². The van der Waals surface area contributed by atoms with Crippen LogP contribution in [0.5, 0.6) is 0 Å². The molecular formula is C29H31F3N6O3S. The molecule has 222 valence electrons. The Bertz CT molecular complexity index is 1660. The molecule has 9 nitrogen and oxygen atoms in total. The maximum atomic E-state index is 13.4. The zero-order valence-corrected chi connectivity index (χ0v) is 24.2. The lowest BCUT2D eigenvalue weighted by Crippen LogP contribution is -2.44. The summed E-state index contributed by atoms with van der Waals surface area (Å²) in [6, 6.07) is 6.63. The van der Waals surface area contributed by atoms with E-state index in [1.807, 2.05) is 18.3 Å². The van der Waals surface area contributed by atoms with Crippen molar-refractivity contribution in [2.75, 3.05) is 38.2 Å². The predicted molar refractivity (Wildman–Crippen MR) is 157 cm³/mol. The molecule has 1 fully saturated rings. The fourth-order valence-electron chi connectivity index (χ4n) is 5.06. The smallest absolute Gasteiger partial charge is 0.379 e. The van der Waals surface area contributed by atoms with Crippen molar-refractivity contribution in [2.45, 2.75) is 39.5 Å². The molecule has 1 aromatic carbocycles.